The SMILES string of the molecule is Oc1ccc(-c2nc3ccccc3o2)cc1.[Zn]. The Kier molecular flexibility index (Phi) is 3.25. The quantitative estimate of drug-likeness (QED) is 0.694. The van der Waals surface area contributed by atoms with Gasteiger partial charge in [-0.1, -0.05) is 12.1 Å². The van der Waals surface area contributed by atoms with E-state index in [2.05, 4.69) is 4.98 Å². The van der Waals surface area contributed by atoms with Gasteiger partial charge in [0.05, 0.1) is 0 Å². The Morgan fingerprint density at radius 1 is 0.941 bits per heavy atom. The Balaban J connectivity index is 0.00000108. The largest absolute Gasteiger partial charge is 0.508 e. The molecular weight excluding hydrogens is 268 g/mol. The van der Waals surface area contributed by atoms with Crippen LogP contribution >= 0.6 is 0 Å². The van der Waals surface area contributed by atoms with Gasteiger partial charge in [0.1, 0.15) is 11.3 Å². The number of rotatable bonds is 1. The second-order valence-corrected chi connectivity index (χ2v) is 3.53. The summed E-state index contributed by atoms with van der Waals surface area (Å²) in [7, 11) is 0. The Morgan fingerprint density at radius 3 is 2.35 bits per heavy atom. The van der Waals surface area contributed by atoms with Crippen LogP contribution in [-0.2, 0) is 19.5 Å². The molecule has 0 fully saturated rings. The number of aromatic hydroxyl groups is 1. The summed E-state index contributed by atoms with van der Waals surface area (Å²) in [6, 6.07) is 14.4. The fraction of sp³-hybridized carbons (Fsp3) is 0. The standard InChI is InChI=1S/C13H9NO2.Zn/c15-10-7-5-9(6-8-10)13-14-11-3-1-2-4-12(11)16-13;/h1-8,15H;. The van der Waals surface area contributed by atoms with Crippen LogP contribution < -0.4 is 0 Å². The van der Waals surface area contributed by atoms with E-state index in [0.29, 0.717) is 5.89 Å². The minimum Gasteiger partial charge on any atom is -0.508 e. The summed E-state index contributed by atoms with van der Waals surface area (Å²) < 4.78 is 5.60. The van der Waals surface area contributed by atoms with Crippen LogP contribution in [0.15, 0.2) is 52.9 Å². The predicted molar refractivity (Wildman–Crippen MR) is 61.1 cm³/mol. The number of benzene rings is 2. The summed E-state index contributed by atoms with van der Waals surface area (Å²) in [5.74, 6) is 0.807. The first-order chi connectivity index (χ1) is 7.83. The summed E-state index contributed by atoms with van der Waals surface area (Å²) in [5, 5.41) is 9.19. The summed E-state index contributed by atoms with van der Waals surface area (Å²) in [6.07, 6.45) is 0. The van der Waals surface area contributed by atoms with Crippen LogP contribution in [0.5, 0.6) is 5.75 Å². The first kappa shape index (κ1) is 11.8. The fourth-order valence-corrected chi connectivity index (χ4v) is 1.60. The van der Waals surface area contributed by atoms with Crippen LogP contribution in [0.1, 0.15) is 0 Å². The van der Waals surface area contributed by atoms with Crippen molar-refractivity contribution >= 4 is 11.1 Å². The van der Waals surface area contributed by atoms with E-state index >= 15 is 0 Å². The molecule has 3 aromatic rings. The number of nitrogens with zero attached hydrogens (tertiary/aromatic N) is 1. The van der Waals surface area contributed by atoms with Crippen molar-refractivity contribution in [1.82, 2.24) is 4.98 Å². The van der Waals surface area contributed by atoms with Crippen molar-refractivity contribution < 1.29 is 29.0 Å². The average molecular weight is 277 g/mol. The topological polar surface area (TPSA) is 46.3 Å². The van der Waals surface area contributed by atoms with Gasteiger partial charge in [-0.2, -0.15) is 0 Å². The molecule has 3 nitrogen and oxygen atoms in total. The molecule has 0 atom stereocenters. The molecule has 1 heterocycles. The number of hydrogen-bond acceptors (Lipinski definition) is 3. The summed E-state index contributed by atoms with van der Waals surface area (Å²) in [6.45, 7) is 0. The van der Waals surface area contributed by atoms with Crippen LogP contribution in [0.25, 0.3) is 22.6 Å². The monoisotopic (exact) mass is 275 g/mol. The van der Waals surface area contributed by atoms with Gasteiger partial charge in [0, 0.05) is 25.0 Å². The van der Waals surface area contributed by atoms with E-state index in [1.807, 2.05) is 24.3 Å². The van der Waals surface area contributed by atoms with E-state index in [-0.39, 0.29) is 25.2 Å². The van der Waals surface area contributed by atoms with E-state index in [9.17, 15) is 5.11 Å². The Labute approximate surface area is 111 Å². The van der Waals surface area contributed by atoms with Gasteiger partial charge in [0.15, 0.2) is 5.58 Å². The summed E-state index contributed by atoms with van der Waals surface area (Å²) >= 11 is 0. The molecule has 0 aliphatic heterocycles. The van der Waals surface area contributed by atoms with Crippen molar-refractivity contribution in [2.24, 2.45) is 0 Å². The normalized spacial score (nSPS) is 10.1. The van der Waals surface area contributed by atoms with E-state index in [4.69, 9.17) is 4.42 Å². The fourth-order valence-electron chi connectivity index (χ4n) is 1.60. The number of aromatic nitrogens is 1. The van der Waals surface area contributed by atoms with Gasteiger partial charge in [-0.05, 0) is 36.4 Å². The van der Waals surface area contributed by atoms with Crippen LogP contribution in [-0.4, -0.2) is 10.1 Å². The van der Waals surface area contributed by atoms with Crippen LogP contribution in [0.2, 0.25) is 0 Å². The van der Waals surface area contributed by atoms with Crippen molar-refractivity contribution in [2.45, 2.75) is 0 Å². The molecule has 0 unspecified atom stereocenters. The second-order valence-electron chi connectivity index (χ2n) is 3.53. The zero-order valence-corrected chi connectivity index (χ0v) is 12.1. The third-order valence-electron chi connectivity index (χ3n) is 2.41. The van der Waals surface area contributed by atoms with Crippen molar-refractivity contribution in [3.05, 3.63) is 48.5 Å². The molecule has 0 radical (unpaired) electrons. The molecule has 0 saturated carbocycles. The molecule has 0 aliphatic rings. The minimum absolute atomic E-state index is 0. The van der Waals surface area contributed by atoms with Gasteiger partial charge in [-0.15, -0.1) is 0 Å². The molecule has 0 amide bonds. The second kappa shape index (κ2) is 4.68. The molecule has 0 spiro atoms. The van der Waals surface area contributed by atoms with E-state index in [1.54, 1.807) is 24.3 Å². The molecular formula is C13H9NO2Zn. The average Bonchev–Trinajstić information content (AvgIpc) is 2.73. The summed E-state index contributed by atoms with van der Waals surface area (Å²) in [5.41, 5.74) is 2.46. The van der Waals surface area contributed by atoms with Gasteiger partial charge >= 0.3 is 0 Å². The number of fused-ring (bicyclic) bond motifs is 1. The smallest absolute Gasteiger partial charge is 0.227 e. The Hall–Kier alpha value is -1.67. The number of hydrogen-bond donors (Lipinski definition) is 1. The molecule has 0 aliphatic carbocycles. The van der Waals surface area contributed by atoms with E-state index < -0.39 is 0 Å². The minimum atomic E-state index is 0. The van der Waals surface area contributed by atoms with Crippen molar-refractivity contribution in [2.75, 3.05) is 0 Å². The van der Waals surface area contributed by atoms with Crippen LogP contribution in [0.4, 0.5) is 0 Å². The number of oxazole rings is 1. The van der Waals surface area contributed by atoms with Gasteiger partial charge < -0.3 is 9.52 Å². The van der Waals surface area contributed by atoms with Gasteiger partial charge in [-0.3, -0.25) is 0 Å². The number of phenols is 1. The third-order valence-corrected chi connectivity index (χ3v) is 2.41. The maximum atomic E-state index is 9.19. The maximum Gasteiger partial charge on any atom is 0.227 e. The van der Waals surface area contributed by atoms with Crippen molar-refractivity contribution in [1.29, 1.82) is 0 Å². The van der Waals surface area contributed by atoms with Gasteiger partial charge in [0.2, 0.25) is 5.89 Å². The molecule has 17 heavy (non-hydrogen) atoms. The van der Waals surface area contributed by atoms with Gasteiger partial charge in [0.25, 0.3) is 0 Å². The van der Waals surface area contributed by atoms with E-state index in [1.165, 1.54) is 0 Å². The van der Waals surface area contributed by atoms with E-state index in [0.717, 1.165) is 16.7 Å². The molecule has 1 N–H and O–H groups in total. The van der Waals surface area contributed by atoms with Gasteiger partial charge in [-0.25, -0.2) is 4.98 Å². The van der Waals surface area contributed by atoms with Crippen molar-refractivity contribution in [3.8, 4) is 17.2 Å². The molecule has 0 saturated heterocycles. The first-order valence-electron chi connectivity index (χ1n) is 4.98. The number of phenolic OH excluding ortho intramolecular Hbond substituents is 1. The molecule has 3 rings (SSSR count). The molecule has 4 heteroatoms. The predicted octanol–water partition coefficient (Wildman–Crippen LogP) is 3.20. The third kappa shape index (κ3) is 2.22. The van der Waals surface area contributed by atoms with Crippen LogP contribution in [0, 0.1) is 0 Å². The van der Waals surface area contributed by atoms with Crippen LogP contribution in [0.3, 0.4) is 0 Å². The first-order valence-corrected chi connectivity index (χ1v) is 4.98. The molecule has 0 bridgehead atoms. The zero-order chi connectivity index (χ0) is 11.0. The Morgan fingerprint density at radius 2 is 1.65 bits per heavy atom. The summed E-state index contributed by atoms with van der Waals surface area (Å²) in [4.78, 5) is 4.36. The maximum absolute atomic E-state index is 9.19. The molecule has 1 aromatic heterocycles. The molecule has 2 aromatic carbocycles. The Bertz CT molecular complexity index is 598. The number of para-hydroxylation sites is 2. The molecule has 80 valence electrons. The zero-order valence-electron chi connectivity index (χ0n) is 9.13. The van der Waals surface area contributed by atoms with Crippen molar-refractivity contribution in [3.63, 3.8) is 0 Å².